The molecule has 1 atom stereocenters. The summed E-state index contributed by atoms with van der Waals surface area (Å²) < 4.78 is 12.4. The first-order valence-electron chi connectivity index (χ1n) is 9.95. The van der Waals surface area contributed by atoms with Gasteiger partial charge < -0.3 is 26.0 Å². The van der Waals surface area contributed by atoms with Crippen LogP contribution in [-0.4, -0.2) is 23.3 Å². The molecule has 0 bridgehead atoms. The lowest BCUT2D eigenvalue weighted by Gasteiger charge is -2.38. The fourth-order valence-corrected chi connectivity index (χ4v) is 3.84. The highest BCUT2D eigenvalue weighted by Crippen LogP contribution is 2.44. The molecule has 156 valence electrons. The van der Waals surface area contributed by atoms with Crippen molar-refractivity contribution in [1.29, 1.82) is 0 Å². The third-order valence-electron chi connectivity index (χ3n) is 5.91. The standard InChI is InChI=1S/C23H31N3O3/c1-13-12-17(6-7-19(13)26-22(24)25)28-11-10-23(5)9-8-18-16(4)20(27)14(2)15(3)21(18)29-23/h6-7,12,27H,8-11H2,1-5H3,(H4,24,25,26). The molecule has 29 heavy (non-hydrogen) atoms. The molecule has 1 heterocycles. The molecule has 1 aliphatic rings. The number of rotatable bonds is 5. The molecule has 3 rings (SSSR count). The van der Waals surface area contributed by atoms with Gasteiger partial charge in [0.2, 0.25) is 0 Å². The highest BCUT2D eigenvalue weighted by molar-refractivity contribution is 5.79. The van der Waals surface area contributed by atoms with Gasteiger partial charge in [-0.05, 0) is 87.9 Å². The molecule has 2 aromatic rings. The Kier molecular flexibility index (Phi) is 5.64. The molecule has 0 amide bonds. The van der Waals surface area contributed by atoms with Crippen molar-refractivity contribution < 1.29 is 14.6 Å². The van der Waals surface area contributed by atoms with Crippen LogP contribution in [0.25, 0.3) is 0 Å². The topological polar surface area (TPSA) is 103 Å². The second-order valence-electron chi connectivity index (χ2n) is 8.17. The number of ether oxygens (including phenoxy) is 2. The lowest BCUT2D eigenvalue weighted by Crippen LogP contribution is -2.38. The van der Waals surface area contributed by atoms with Crippen molar-refractivity contribution in [2.75, 3.05) is 6.61 Å². The Morgan fingerprint density at radius 1 is 1.17 bits per heavy atom. The molecule has 5 N–H and O–H groups in total. The van der Waals surface area contributed by atoms with Crippen LogP contribution < -0.4 is 20.9 Å². The van der Waals surface area contributed by atoms with Crippen molar-refractivity contribution in [2.24, 2.45) is 16.5 Å². The lowest BCUT2D eigenvalue weighted by molar-refractivity contribution is 0.0411. The van der Waals surface area contributed by atoms with E-state index in [1.54, 1.807) is 0 Å². The van der Waals surface area contributed by atoms with Gasteiger partial charge in [0.05, 0.1) is 12.3 Å². The van der Waals surface area contributed by atoms with Gasteiger partial charge in [0.1, 0.15) is 22.8 Å². The van der Waals surface area contributed by atoms with Crippen molar-refractivity contribution in [3.63, 3.8) is 0 Å². The number of hydrogen-bond donors (Lipinski definition) is 3. The largest absolute Gasteiger partial charge is 0.507 e. The predicted octanol–water partition coefficient (Wildman–Crippen LogP) is 4.08. The Labute approximate surface area is 172 Å². The fourth-order valence-electron chi connectivity index (χ4n) is 3.84. The number of phenolic OH excluding ortho intramolecular Hbond substituents is 1. The van der Waals surface area contributed by atoms with Gasteiger partial charge in [0.25, 0.3) is 0 Å². The molecule has 0 radical (unpaired) electrons. The van der Waals surface area contributed by atoms with Crippen LogP contribution in [0, 0.1) is 27.7 Å². The molecule has 0 saturated heterocycles. The summed E-state index contributed by atoms with van der Waals surface area (Å²) in [5.74, 6) is 2.13. The second kappa shape index (κ2) is 7.85. The number of guanidine groups is 1. The van der Waals surface area contributed by atoms with E-state index in [1.165, 1.54) is 0 Å². The van der Waals surface area contributed by atoms with Gasteiger partial charge in [-0.15, -0.1) is 0 Å². The van der Waals surface area contributed by atoms with E-state index in [1.807, 2.05) is 45.9 Å². The zero-order valence-electron chi connectivity index (χ0n) is 17.9. The number of phenols is 1. The maximum atomic E-state index is 10.3. The minimum Gasteiger partial charge on any atom is -0.507 e. The Bertz CT molecular complexity index is 965. The smallest absolute Gasteiger partial charge is 0.191 e. The average molecular weight is 398 g/mol. The van der Waals surface area contributed by atoms with E-state index >= 15 is 0 Å². The molecular formula is C23H31N3O3. The summed E-state index contributed by atoms with van der Waals surface area (Å²) in [6.07, 6.45) is 2.53. The Hall–Kier alpha value is -2.89. The number of nitrogens with two attached hydrogens (primary N) is 2. The van der Waals surface area contributed by atoms with E-state index in [-0.39, 0.29) is 11.6 Å². The minimum atomic E-state index is -0.305. The van der Waals surface area contributed by atoms with Gasteiger partial charge in [-0.3, -0.25) is 0 Å². The van der Waals surface area contributed by atoms with Crippen molar-refractivity contribution in [1.82, 2.24) is 0 Å². The van der Waals surface area contributed by atoms with Gasteiger partial charge >= 0.3 is 0 Å². The first-order chi connectivity index (χ1) is 13.6. The van der Waals surface area contributed by atoms with Crippen molar-refractivity contribution in [3.8, 4) is 17.2 Å². The molecule has 6 heteroatoms. The number of nitrogens with zero attached hydrogens (tertiary/aromatic N) is 1. The summed E-state index contributed by atoms with van der Waals surface area (Å²) in [6.45, 7) is 10.5. The first kappa shape index (κ1) is 20.8. The maximum absolute atomic E-state index is 10.3. The van der Waals surface area contributed by atoms with E-state index in [0.717, 1.165) is 64.3 Å². The summed E-state index contributed by atoms with van der Waals surface area (Å²) in [7, 11) is 0. The van der Waals surface area contributed by atoms with Gasteiger partial charge in [-0.2, -0.15) is 0 Å². The van der Waals surface area contributed by atoms with Crippen LogP contribution in [0.5, 0.6) is 17.2 Å². The van der Waals surface area contributed by atoms with E-state index in [0.29, 0.717) is 12.4 Å². The molecule has 1 unspecified atom stereocenters. The molecule has 0 spiro atoms. The molecule has 0 aliphatic carbocycles. The molecule has 6 nitrogen and oxygen atoms in total. The van der Waals surface area contributed by atoms with Crippen molar-refractivity contribution >= 4 is 11.6 Å². The third kappa shape index (κ3) is 4.26. The molecule has 0 aromatic heterocycles. The van der Waals surface area contributed by atoms with Crippen LogP contribution in [0.4, 0.5) is 5.69 Å². The van der Waals surface area contributed by atoms with Crippen molar-refractivity contribution in [3.05, 3.63) is 46.0 Å². The third-order valence-corrected chi connectivity index (χ3v) is 5.91. The number of hydrogen-bond acceptors (Lipinski definition) is 4. The normalized spacial score (nSPS) is 18.0. The number of benzene rings is 2. The van der Waals surface area contributed by atoms with E-state index in [4.69, 9.17) is 20.9 Å². The molecule has 0 fully saturated rings. The fraction of sp³-hybridized carbons (Fsp3) is 0.435. The Balaban J connectivity index is 1.68. The van der Waals surface area contributed by atoms with Gasteiger partial charge in [0.15, 0.2) is 5.96 Å². The lowest BCUT2D eigenvalue weighted by atomic mass is 9.86. The summed E-state index contributed by atoms with van der Waals surface area (Å²) >= 11 is 0. The Morgan fingerprint density at radius 3 is 2.55 bits per heavy atom. The van der Waals surface area contributed by atoms with E-state index in [2.05, 4.69) is 11.9 Å². The monoisotopic (exact) mass is 397 g/mol. The van der Waals surface area contributed by atoms with Crippen LogP contribution in [0.2, 0.25) is 0 Å². The average Bonchev–Trinajstić information content (AvgIpc) is 2.66. The zero-order chi connectivity index (χ0) is 21.3. The van der Waals surface area contributed by atoms with E-state index in [9.17, 15) is 5.11 Å². The summed E-state index contributed by atoms with van der Waals surface area (Å²) in [5, 5.41) is 10.3. The zero-order valence-corrected chi connectivity index (χ0v) is 17.9. The number of aryl methyl sites for hydroxylation is 1. The highest BCUT2D eigenvalue weighted by atomic mass is 16.5. The van der Waals surface area contributed by atoms with Gasteiger partial charge in [-0.1, -0.05) is 0 Å². The molecule has 2 aromatic carbocycles. The van der Waals surface area contributed by atoms with Crippen LogP contribution in [0.1, 0.15) is 47.6 Å². The molecule has 1 aliphatic heterocycles. The summed E-state index contributed by atoms with van der Waals surface area (Å²) in [5.41, 5.74) is 16.2. The minimum absolute atomic E-state index is 0.0403. The maximum Gasteiger partial charge on any atom is 0.191 e. The van der Waals surface area contributed by atoms with E-state index < -0.39 is 0 Å². The second-order valence-corrected chi connectivity index (χ2v) is 8.17. The van der Waals surface area contributed by atoms with Gasteiger partial charge in [-0.25, -0.2) is 4.99 Å². The van der Waals surface area contributed by atoms with Gasteiger partial charge in [0, 0.05) is 12.0 Å². The highest BCUT2D eigenvalue weighted by Gasteiger charge is 2.34. The predicted molar refractivity (Wildman–Crippen MR) is 116 cm³/mol. The van der Waals surface area contributed by atoms with Crippen LogP contribution in [0.3, 0.4) is 0 Å². The van der Waals surface area contributed by atoms with Crippen LogP contribution >= 0.6 is 0 Å². The first-order valence-corrected chi connectivity index (χ1v) is 9.95. The number of aliphatic imine (C=N–C) groups is 1. The Morgan fingerprint density at radius 2 is 1.90 bits per heavy atom. The number of aromatic hydroxyl groups is 1. The van der Waals surface area contributed by atoms with Crippen molar-refractivity contribution in [2.45, 2.75) is 59.5 Å². The summed E-state index contributed by atoms with van der Waals surface area (Å²) in [6, 6.07) is 5.65. The summed E-state index contributed by atoms with van der Waals surface area (Å²) in [4.78, 5) is 4.09. The van der Waals surface area contributed by atoms with Crippen LogP contribution in [0.15, 0.2) is 23.2 Å². The number of fused-ring (bicyclic) bond motifs is 1. The SMILES string of the molecule is Cc1cc(OCCC2(C)CCc3c(C)c(O)c(C)c(C)c3O2)ccc1N=C(N)N. The van der Waals surface area contributed by atoms with Crippen LogP contribution in [-0.2, 0) is 6.42 Å². The molecular weight excluding hydrogens is 366 g/mol. The molecule has 0 saturated carbocycles. The quantitative estimate of drug-likeness (QED) is 0.521.